The van der Waals surface area contributed by atoms with Crippen molar-refractivity contribution in [2.24, 2.45) is 0 Å². The lowest BCUT2D eigenvalue weighted by molar-refractivity contribution is -0.374. The summed E-state index contributed by atoms with van der Waals surface area (Å²) in [7, 11) is 0. The molecule has 1 heterocycles. The Morgan fingerprint density at radius 1 is 1.36 bits per heavy atom. The van der Waals surface area contributed by atoms with Crippen LogP contribution in [-0.2, 0) is 23.9 Å². The molecule has 0 radical (unpaired) electrons. The predicted octanol–water partition coefficient (Wildman–Crippen LogP) is -4.26. The maximum absolute atomic E-state index is 11.2. The average molecular weight is 368 g/mol. The standard InChI is InChI=1S/C13H21NO10.H3N/c1-5(15)14-9-7(17)3-13(22,12(20)21)24-11(9)10(19)8(18)4-23-6(2)16;/h7-11,17-19,22H,3-4H2,1-2H3,(H,14,15)(H,20,21);1H3/t7-,8+,9+,10+,11+,13+;/m0./s1. The second kappa shape index (κ2) is 9.03. The number of quaternary nitrogens is 1. The Labute approximate surface area is 142 Å². The zero-order valence-electron chi connectivity index (χ0n) is 14.0. The van der Waals surface area contributed by atoms with E-state index in [-0.39, 0.29) is 6.15 Å². The zero-order chi connectivity index (χ0) is 18.7. The van der Waals surface area contributed by atoms with Crippen LogP contribution in [0.5, 0.6) is 0 Å². The van der Waals surface area contributed by atoms with E-state index in [9.17, 15) is 39.9 Å². The van der Waals surface area contributed by atoms with Gasteiger partial charge in [-0.05, 0) is 0 Å². The number of rotatable bonds is 6. The second-order valence-corrected chi connectivity index (χ2v) is 5.51. The monoisotopic (exact) mass is 368 g/mol. The Kier molecular flexibility index (Phi) is 8.37. The molecule has 146 valence electrons. The molecule has 0 aliphatic carbocycles. The van der Waals surface area contributed by atoms with Crippen molar-refractivity contribution in [2.45, 2.75) is 56.5 Å². The van der Waals surface area contributed by atoms with Crippen LogP contribution in [0, 0.1) is 0 Å². The molecule has 6 atom stereocenters. The number of hydrogen-bond acceptors (Lipinski definition) is 10. The first-order valence-electron chi connectivity index (χ1n) is 7.04. The first-order chi connectivity index (χ1) is 11.0. The summed E-state index contributed by atoms with van der Waals surface area (Å²) in [5.41, 5.74) is 0. The highest BCUT2D eigenvalue weighted by Crippen LogP contribution is 2.30. The largest absolute Gasteiger partial charge is 0.544 e. The van der Waals surface area contributed by atoms with Crippen molar-refractivity contribution >= 4 is 17.8 Å². The molecule has 1 amide bonds. The van der Waals surface area contributed by atoms with Gasteiger partial charge in [0.25, 0.3) is 0 Å². The number of nitrogens with one attached hydrogen (secondary N) is 1. The van der Waals surface area contributed by atoms with Crippen LogP contribution in [0.4, 0.5) is 0 Å². The third-order valence-electron chi connectivity index (χ3n) is 3.46. The minimum atomic E-state index is -2.93. The minimum absolute atomic E-state index is 0. The van der Waals surface area contributed by atoms with Crippen LogP contribution in [0.2, 0.25) is 0 Å². The number of aliphatic carboxylic acids is 1. The first kappa shape index (κ1) is 23.2. The fraction of sp³-hybridized carbons (Fsp3) is 0.769. The van der Waals surface area contributed by atoms with Gasteiger partial charge in [0.1, 0.15) is 30.9 Å². The van der Waals surface area contributed by atoms with Crippen LogP contribution in [0.25, 0.3) is 0 Å². The van der Waals surface area contributed by atoms with Crippen molar-refractivity contribution in [3.8, 4) is 0 Å². The molecule has 0 aromatic heterocycles. The van der Waals surface area contributed by atoms with E-state index in [1.165, 1.54) is 0 Å². The molecule has 1 fully saturated rings. The number of esters is 1. The summed E-state index contributed by atoms with van der Waals surface area (Å²) in [6.07, 6.45) is -7.80. The second-order valence-electron chi connectivity index (χ2n) is 5.51. The minimum Gasteiger partial charge on any atom is -0.544 e. The number of aliphatic hydroxyl groups excluding tert-OH is 3. The first-order valence-corrected chi connectivity index (χ1v) is 7.04. The number of carboxylic acid groups (broad SMARTS) is 1. The summed E-state index contributed by atoms with van der Waals surface area (Å²) in [4.78, 5) is 33.0. The normalized spacial score (nSPS) is 31.2. The molecule has 0 spiro atoms. The summed E-state index contributed by atoms with van der Waals surface area (Å²) in [6, 6.07) is -1.33. The van der Waals surface area contributed by atoms with Crippen LogP contribution in [0.15, 0.2) is 0 Å². The van der Waals surface area contributed by atoms with Crippen molar-refractivity contribution < 1.29 is 49.4 Å². The summed E-state index contributed by atoms with van der Waals surface area (Å²) in [5.74, 6) is -6.36. The smallest absolute Gasteiger partial charge is 0.302 e. The van der Waals surface area contributed by atoms with E-state index in [0.717, 1.165) is 13.8 Å². The lowest BCUT2D eigenvalue weighted by Gasteiger charge is -2.46. The summed E-state index contributed by atoms with van der Waals surface area (Å²) < 4.78 is 9.39. The van der Waals surface area contributed by atoms with Gasteiger partial charge in [-0.2, -0.15) is 0 Å². The Morgan fingerprint density at radius 3 is 2.36 bits per heavy atom. The Hall–Kier alpha value is -1.83. The fourth-order valence-corrected chi connectivity index (χ4v) is 2.32. The van der Waals surface area contributed by atoms with Crippen LogP contribution >= 0.6 is 0 Å². The molecule has 0 saturated carbocycles. The predicted molar refractivity (Wildman–Crippen MR) is 77.7 cm³/mol. The Bertz CT molecular complexity index is 501. The molecule has 1 rings (SSSR count). The molecule has 0 bridgehead atoms. The highest BCUT2D eigenvalue weighted by Gasteiger charge is 2.50. The highest BCUT2D eigenvalue weighted by atomic mass is 16.7. The van der Waals surface area contributed by atoms with Gasteiger partial charge in [-0.25, -0.2) is 0 Å². The number of carbonyl (C=O) groups is 3. The van der Waals surface area contributed by atoms with Gasteiger partial charge in [0.2, 0.25) is 11.7 Å². The van der Waals surface area contributed by atoms with Crippen LogP contribution in [-0.4, -0.2) is 81.1 Å². The fourth-order valence-electron chi connectivity index (χ4n) is 2.32. The van der Waals surface area contributed by atoms with Gasteiger partial charge in [-0.15, -0.1) is 0 Å². The van der Waals surface area contributed by atoms with Gasteiger partial charge >= 0.3 is 5.97 Å². The average Bonchev–Trinajstić information content (AvgIpc) is 2.46. The third-order valence-corrected chi connectivity index (χ3v) is 3.46. The van der Waals surface area contributed by atoms with E-state index >= 15 is 0 Å². The molecule has 12 heteroatoms. The van der Waals surface area contributed by atoms with Crippen molar-refractivity contribution in [1.29, 1.82) is 0 Å². The van der Waals surface area contributed by atoms with Crippen molar-refractivity contribution in [1.82, 2.24) is 11.5 Å². The molecule has 0 aromatic carbocycles. The Balaban J connectivity index is 0.00000576. The number of hydrogen-bond donors (Lipinski definition) is 6. The molecular formula is C13H24N2O10. The number of carboxylic acids is 1. The van der Waals surface area contributed by atoms with Gasteiger partial charge in [0.15, 0.2) is 0 Å². The number of ether oxygens (including phenoxy) is 2. The SMILES string of the molecule is CC(=O)N[C@H]1[C@H]([C@H](O)[C@H](O)COC(C)=O)O[C@@](O)(C(=O)[O-])C[C@@H]1O.[NH4+]. The van der Waals surface area contributed by atoms with E-state index < -0.39 is 67.1 Å². The van der Waals surface area contributed by atoms with Gasteiger partial charge < -0.3 is 51.3 Å². The molecule has 1 saturated heterocycles. The third kappa shape index (κ3) is 5.88. The lowest BCUT2D eigenvalue weighted by atomic mass is 9.88. The molecule has 12 nitrogen and oxygen atoms in total. The number of carbonyl (C=O) groups excluding carboxylic acids is 3. The maximum Gasteiger partial charge on any atom is 0.302 e. The topological polar surface area (TPSA) is 222 Å². The molecule has 1 aliphatic heterocycles. The quantitative estimate of drug-likeness (QED) is 0.248. The Morgan fingerprint density at radius 2 is 1.92 bits per heavy atom. The van der Waals surface area contributed by atoms with E-state index in [1.54, 1.807) is 0 Å². The van der Waals surface area contributed by atoms with E-state index in [4.69, 9.17) is 4.74 Å². The molecule has 1 aliphatic rings. The van der Waals surface area contributed by atoms with E-state index in [2.05, 4.69) is 10.1 Å². The zero-order valence-corrected chi connectivity index (χ0v) is 14.0. The van der Waals surface area contributed by atoms with Gasteiger partial charge in [0, 0.05) is 20.3 Å². The molecule has 25 heavy (non-hydrogen) atoms. The summed E-state index contributed by atoms with van der Waals surface area (Å²) in [6.45, 7) is 1.52. The highest BCUT2D eigenvalue weighted by molar-refractivity contribution is 5.74. The van der Waals surface area contributed by atoms with Gasteiger partial charge in [0.05, 0.1) is 12.1 Å². The van der Waals surface area contributed by atoms with Crippen LogP contribution in [0.3, 0.4) is 0 Å². The summed E-state index contributed by atoms with van der Waals surface area (Å²) in [5, 5.41) is 53.0. The lowest BCUT2D eigenvalue weighted by Crippen LogP contribution is -2.68. The van der Waals surface area contributed by atoms with E-state index in [1.807, 2.05) is 0 Å². The maximum atomic E-state index is 11.2. The number of amides is 1. The molecule has 0 aromatic rings. The number of aliphatic hydroxyl groups is 4. The summed E-state index contributed by atoms with van der Waals surface area (Å²) >= 11 is 0. The van der Waals surface area contributed by atoms with Crippen molar-refractivity contribution in [2.75, 3.05) is 6.61 Å². The van der Waals surface area contributed by atoms with Crippen LogP contribution in [0.1, 0.15) is 20.3 Å². The molecule has 9 N–H and O–H groups in total. The molecular weight excluding hydrogens is 344 g/mol. The van der Waals surface area contributed by atoms with E-state index in [0.29, 0.717) is 0 Å². The van der Waals surface area contributed by atoms with Crippen LogP contribution < -0.4 is 16.6 Å². The molecule has 0 unspecified atom stereocenters. The van der Waals surface area contributed by atoms with Gasteiger partial charge in [-0.1, -0.05) is 0 Å². The van der Waals surface area contributed by atoms with Gasteiger partial charge in [-0.3, -0.25) is 9.59 Å². The van der Waals surface area contributed by atoms with Crippen molar-refractivity contribution in [3.05, 3.63) is 0 Å². The van der Waals surface area contributed by atoms with Crippen molar-refractivity contribution in [3.63, 3.8) is 0 Å².